The fraction of sp³-hybridized carbons (Fsp3) is 0.833. The summed E-state index contributed by atoms with van der Waals surface area (Å²) in [6.07, 6.45) is 19.4. The van der Waals surface area contributed by atoms with Gasteiger partial charge >= 0.3 is 5.97 Å². The average molecular weight is 635 g/mol. The molecule has 1 unspecified atom stereocenters. The van der Waals surface area contributed by atoms with Crippen LogP contribution in [0.3, 0.4) is 0 Å². The molecular formula is C36H66O5Si2. The number of allylic oxidation sites excluding steroid dienone is 2. The number of methoxy groups -OCH3 is 1. The second-order valence-corrected chi connectivity index (χ2v) is 26.0. The van der Waals surface area contributed by atoms with Gasteiger partial charge in [-0.3, -0.25) is 9.59 Å². The minimum absolute atomic E-state index is 0.0679. The maximum atomic E-state index is 13.5. The molecule has 0 spiro atoms. The van der Waals surface area contributed by atoms with E-state index in [1.165, 1.54) is 39.2 Å². The van der Waals surface area contributed by atoms with Gasteiger partial charge in [-0.25, -0.2) is 0 Å². The van der Waals surface area contributed by atoms with Gasteiger partial charge in [0.05, 0.1) is 19.3 Å². The van der Waals surface area contributed by atoms with Gasteiger partial charge < -0.3 is 13.6 Å². The van der Waals surface area contributed by atoms with Crippen molar-refractivity contribution in [3.63, 3.8) is 0 Å². The lowest BCUT2D eigenvalue weighted by Crippen LogP contribution is -2.51. The fourth-order valence-electron chi connectivity index (χ4n) is 6.19. The first kappa shape index (κ1) is 38.2. The summed E-state index contributed by atoms with van der Waals surface area (Å²) in [7, 11) is -2.57. The standard InChI is InChI=1S/C36H66O5Si2/c1-13-24-36(25-19-26-36)32(41-43(11,12)35(5,6)7)22-18-21-29-28(20-16-14-15-17-23-33(38)39-8)30(37)27-31(29)40-42(9,10)34(2,3)4/h14,16,18,21,28-29,31-32H,13,15,17,19-20,22-27H2,1-12H3/t28-,29-,31-,32?/m1/s1. The molecule has 0 aromatic heterocycles. The SMILES string of the molecule is CCCC1(C(CC=C[C@H]2[C@H](O[Si](C)(C)C(C)(C)C)CC(=O)[C@@H]2CC=CCCCC(=O)OC)O[Si](C)(C)C(C)(C)C)CCC1. The Labute approximate surface area is 267 Å². The number of ether oxygens (including phenoxy) is 1. The molecule has 4 atom stereocenters. The van der Waals surface area contributed by atoms with E-state index >= 15 is 0 Å². The number of ketones is 1. The number of Topliss-reactive ketones (excluding diaryl/α,β-unsaturated/α-hetero) is 1. The Morgan fingerprint density at radius 2 is 1.63 bits per heavy atom. The van der Waals surface area contributed by atoms with E-state index in [4.69, 9.17) is 13.6 Å². The van der Waals surface area contributed by atoms with E-state index in [1.807, 2.05) is 0 Å². The molecule has 0 aromatic carbocycles. The molecule has 0 radical (unpaired) electrons. The number of esters is 1. The van der Waals surface area contributed by atoms with Crippen molar-refractivity contribution >= 4 is 28.4 Å². The first-order valence-electron chi connectivity index (χ1n) is 17.1. The summed E-state index contributed by atoms with van der Waals surface area (Å²) in [5.74, 6) is 0.135. The molecule has 0 amide bonds. The van der Waals surface area contributed by atoms with E-state index in [0.29, 0.717) is 25.0 Å². The van der Waals surface area contributed by atoms with Crippen molar-refractivity contribution in [2.24, 2.45) is 17.3 Å². The van der Waals surface area contributed by atoms with E-state index in [0.717, 1.165) is 19.3 Å². The van der Waals surface area contributed by atoms with Crippen LogP contribution in [-0.4, -0.2) is 47.7 Å². The second-order valence-electron chi connectivity index (χ2n) is 16.4. The number of carbonyl (C=O) groups excluding carboxylic acids is 2. The maximum absolute atomic E-state index is 13.5. The van der Waals surface area contributed by atoms with Crippen molar-refractivity contribution in [2.45, 2.75) is 168 Å². The molecule has 0 aliphatic heterocycles. The summed E-state index contributed by atoms with van der Waals surface area (Å²) >= 11 is 0. The second kappa shape index (κ2) is 15.5. The first-order chi connectivity index (χ1) is 19.8. The summed E-state index contributed by atoms with van der Waals surface area (Å²) in [5.41, 5.74) is 0.281. The summed E-state index contributed by atoms with van der Waals surface area (Å²) in [5, 5.41) is 0.251. The minimum atomic E-state index is -2.05. The van der Waals surface area contributed by atoms with Crippen LogP contribution in [0.25, 0.3) is 0 Å². The number of rotatable bonds is 16. The highest BCUT2D eigenvalue weighted by Crippen LogP contribution is 2.52. The highest BCUT2D eigenvalue weighted by molar-refractivity contribution is 6.74. The molecule has 7 heteroatoms. The number of unbranched alkanes of at least 4 members (excludes halogenated alkanes) is 1. The Bertz CT molecular complexity index is 965. The van der Waals surface area contributed by atoms with Crippen LogP contribution in [0.1, 0.15) is 119 Å². The largest absolute Gasteiger partial charge is 0.469 e. The predicted octanol–water partition coefficient (Wildman–Crippen LogP) is 10.2. The van der Waals surface area contributed by atoms with Crippen molar-refractivity contribution in [1.29, 1.82) is 0 Å². The van der Waals surface area contributed by atoms with Gasteiger partial charge in [0, 0.05) is 24.7 Å². The van der Waals surface area contributed by atoms with Gasteiger partial charge in [0.25, 0.3) is 0 Å². The molecule has 2 aliphatic rings. The van der Waals surface area contributed by atoms with E-state index in [9.17, 15) is 9.59 Å². The van der Waals surface area contributed by atoms with E-state index < -0.39 is 16.6 Å². The first-order valence-corrected chi connectivity index (χ1v) is 22.9. The van der Waals surface area contributed by atoms with Gasteiger partial charge in [-0.1, -0.05) is 85.6 Å². The third kappa shape index (κ3) is 10.2. The van der Waals surface area contributed by atoms with Gasteiger partial charge in [-0.05, 0) is 86.6 Å². The molecule has 0 aromatic rings. The molecule has 2 aliphatic carbocycles. The average Bonchev–Trinajstić information content (AvgIpc) is 3.14. The molecule has 5 nitrogen and oxygen atoms in total. The van der Waals surface area contributed by atoms with Gasteiger partial charge in [0.2, 0.25) is 0 Å². The molecule has 0 heterocycles. The van der Waals surface area contributed by atoms with Crippen molar-refractivity contribution < 1.29 is 23.2 Å². The normalized spacial score (nSPS) is 24.1. The van der Waals surface area contributed by atoms with Crippen LogP contribution in [-0.2, 0) is 23.2 Å². The van der Waals surface area contributed by atoms with Crippen LogP contribution >= 0.6 is 0 Å². The maximum Gasteiger partial charge on any atom is 0.305 e. The molecule has 0 N–H and O–H groups in total. The number of hydrogen-bond donors (Lipinski definition) is 0. The Hall–Kier alpha value is -1.03. The van der Waals surface area contributed by atoms with Crippen LogP contribution in [0.4, 0.5) is 0 Å². The lowest BCUT2D eigenvalue weighted by Gasteiger charge is -2.51. The highest BCUT2D eigenvalue weighted by Gasteiger charge is 2.49. The smallest absolute Gasteiger partial charge is 0.305 e. The molecule has 0 saturated heterocycles. The highest BCUT2D eigenvalue weighted by atomic mass is 28.4. The Kier molecular flexibility index (Phi) is 13.8. The van der Waals surface area contributed by atoms with Crippen LogP contribution in [0.15, 0.2) is 24.3 Å². The van der Waals surface area contributed by atoms with Gasteiger partial charge in [-0.15, -0.1) is 0 Å². The third-order valence-corrected chi connectivity index (χ3v) is 20.2. The third-order valence-electron chi connectivity index (χ3n) is 11.2. The zero-order chi connectivity index (χ0) is 32.7. The molecule has 2 rings (SSSR count). The van der Waals surface area contributed by atoms with Crippen molar-refractivity contribution in [2.75, 3.05) is 7.11 Å². The van der Waals surface area contributed by atoms with Crippen molar-refractivity contribution in [1.82, 2.24) is 0 Å². The Morgan fingerprint density at radius 1 is 1.00 bits per heavy atom. The molecule has 2 fully saturated rings. The summed E-state index contributed by atoms with van der Waals surface area (Å²) in [6, 6.07) is 0. The Balaban J connectivity index is 2.30. The van der Waals surface area contributed by atoms with Gasteiger partial charge in [-0.2, -0.15) is 0 Å². The van der Waals surface area contributed by atoms with Crippen LogP contribution in [0.5, 0.6) is 0 Å². The van der Waals surface area contributed by atoms with Crippen LogP contribution in [0, 0.1) is 17.3 Å². The minimum Gasteiger partial charge on any atom is -0.469 e. The molecular weight excluding hydrogens is 569 g/mol. The summed E-state index contributed by atoms with van der Waals surface area (Å²) < 4.78 is 18.9. The Morgan fingerprint density at radius 3 is 2.14 bits per heavy atom. The van der Waals surface area contributed by atoms with Crippen molar-refractivity contribution in [3.05, 3.63) is 24.3 Å². The summed E-state index contributed by atoms with van der Waals surface area (Å²) in [4.78, 5) is 24.9. The lowest BCUT2D eigenvalue weighted by atomic mass is 9.62. The zero-order valence-electron chi connectivity index (χ0n) is 29.9. The molecule has 43 heavy (non-hydrogen) atoms. The van der Waals surface area contributed by atoms with Crippen LogP contribution < -0.4 is 0 Å². The molecule has 2 saturated carbocycles. The van der Waals surface area contributed by atoms with E-state index in [-0.39, 0.29) is 45.5 Å². The van der Waals surface area contributed by atoms with Gasteiger partial charge in [0.1, 0.15) is 5.78 Å². The van der Waals surface area contributed by atoms with Gasteiger partial charge in [0.15, 0.2) is 16.6 Å². The van der Waals surface area contributed by atoms with E-state index in [1.54, 1.807) is 0 Å². The molecule has 0 bridgehead atoms. The van der Waals surface area contributed by atoms with Crippen molar-refractivity contribution in [3.8, 4) is 0 Å². The number of hydrogen-bond acceptors (Lipinski definition) is 5. The van der Waals surface area contributed by atoms with Crippen LogP contribution in [0.2, 0.25) is 36.3 Å². The summed E-state index contributed by atoms with van der Waals surface area (Å²) in [6.45, 7) is 25.5. The molecule has 248 valence electrons. The monoisotopic (exact) mass is 634 g/mol. The predicted molar refractivity (Wildman–Crippen MR) is 185 cm³/mol. The zero-order valence-corrected chi connectivity index (χ0v) is 31.9. The topological polar surface area (TPSA) is 61.8 Å². The van der Waals surface area contributed by atoms with E-state index in [2.05, 4.69) is 99.0 Å². The quantitative estimate of drug-likeness (QED) is 0.0732. The lowest BCUT2D eigenvalue weighted by molar-refractivity contribution is -0.140. The number of carbonyl (C=O) groups is 2. The fourth-order valence-corrected chi connectivity index (χ4v) is 8.95.